The van der Waals surface area contributed by atoms with Crippen LogP contribution in [0.3, 0.4) is 0 Å². The van der Waals surface area contributed by atoms with Crippen LogP contribution in [-0.4, -0.2) is 28.1 Å². The minimum absolute atomic E-state index is 0.995. The highest BCUT2D eigenvalue weighted by Crippen LogP contribution is 2.22. The summed E-state index contributed by atoms with van der Waals surface area (Å²) < 4.78 is 5.38. The maximum atomic E-state index is 4.60. The number of rotatable bonds is 5. The van der Waals surface area contributed by atoms with Gasteiger partial charge in [-0.2, -0.15) is 0 Å². The second-order valence-electron chi connectivity index (χ2n) is 3.39. The van der Waals surface area contributed by atoms with Gasteiger partial charge in [-0.1, -0.05) is 35.8 Å². The number of aromatic nitrogens is 2. The molecule has 16 heavy (non-hydrogen) atoms. The first-order chi connectivity index (χ1) is 7.83. The Hall–Kier alpha value is -0.650. The molecule has 0 bridgehead atoms. The molecule has 2 aromatic rings. The predicted molar refractivity (Wildman–Crippen MR) is 73.0 cm³/mol. The number of nitrogens with zero attached hydrogens (tertiary/aromatic N) is 2. The highest BCUT2D eigenvalue weighted by atomic mass is 32.2. The summed E-state index contributed by atoms with van der Waals surface area (Å²) in [5.74, 6) is 1.04. The Labute approximate surface area is 104 Å². The molecule has 0 saturated carbocycles. The van der Waals surface area contributed by atoms with Crippen molar-refractivity contribution in [2.75, 3.05) is 18.6 Å². The Morgan fingerprint density at radius 1 is 1.38 bits per heavy atom. The van der Waals surface area contributed by atoms with Gasteiger partial charge < -0.3 is 4.57 Å². The van der Waals surface area contributed by atoms with Crippen molar-refractivity contribution in [2.24, 2.45) is 7.05 Å². The lowest BCUT2D eigenvalue weighted by Crippen LogP contribution is -2.07. The highest BCUT2D eigenvalue weighted by Gasteiger charge is 2.06. The van der Waals surface area contributed by atoms with Crippen molar-refractivity contribution in [3.8, 4) is 0 Å². The fraction of sp³-hybridized carbons (Fsp3) is 0.364. The second kappa shape index (κ2) is 5.61. The van der Waals surface area contributed by atoms with Crippen LogP contribution >= 0.6 is 23.7 Å². The molecule has 86 valence electrons. The summed E-state index contributed by atoms with van der Waals surface area (Å²) in [7, 11) is 2.07. The Kier molecular flexibility index (Phi) is 4.15. The van der Waals surface area contributed by atoms with Gasteiger partial charge in [-0.25, -0.2) is 4.98 Å². The van der Waals surface area contributed by atoms with E-state index in [1.807, 2.05) is 18.4 Å². The third-order valence-electron chi connectivity index (χ3n) is 2.33. The fourth-order valence-electron chi connectivity index (χ4n) is 1.54. The third kappa shape index (κ3) is 2.53. The topological polar surface area (TPSA) is 29.9 Å². The zero-order valence-corrected chi connectivity index (χ0v) is 11.1. The van der Waals surface area contributed by atoms with Crippen molar-refractivity contribution in [1.29, 1.82) is 0 Å². The van der Waals surface area contributed by atoms with Crippen LogP contribution in [-0.2, 0) is 7.05 Å². The van der Waals surface area contributed by atoms with E-state index in [9.17, 15) is 0 Å². The molecule has 1 aromatic heterocycles. The summed E-state index contributed by atoms with van der Waals surface area (Å²) >= 11 is 3.44. The van der Waals surface area contributed by atoms with Crippen molar-refractivity contribution in [1.82, 2.24) is 14.3 Å². The lowest BCUT2D eigenvalue weighted by atomic mass is 10.3. The molecule has 2 rings (SSSR count). The molecule has 0 saturated heterocycles. The van der Waals surface area contributed by atoms with Crippen LogP contribution < -0.4 is 4.72 Å². The first-order valence-electron chi connectivity index (χ1n) is 5.13. The van der Waals surface area contributed by atoms with E-state index in [0.29, 0.717) is 0 Å². The largest absolute Gasteiger partial charge is 0.322 e. The zero-order valence-electron chi connectivity index (χ0n) is 9.43. The number of hydrogen-bond donors (Lipinski definition) is 1. The monoisotopic (exact) mass is 253 g/mol. The van der Waals surface area contributed by atoms with Crippen LogP contribution in [0.25, 0.3) is 11.0 Å². The smallest absolute Gasteiger partial charge is 0.168 e. The number of imidazole rings is 1. The molecule has 0 aliphatic heterocycles. The minimum Gasteiger partial charge on any atom is -0.322 e. The van der Waals surface area contributed by atoms with Crippen molar-refractivity contribution < 1.29 is 0 Å². The van der Waals surface area contributed by atoms with Crippen molar-refractivity contribution in [2.45, 2.75) is 5.16 Å². The fourth-order valence-corrected chi connectivity index (χ4v) is 2.82. The second-order valence-corrected chi connectivity index (χ2v) is 5.15. The molecule has 0 unspecified atom stereocenters. The summed E-state index contributed by atoms with van der Waals surface area (Å²) in [6.45, 7) is 0.995. The lowest BCUT2D eigenvalue weighted by Gasteiger charge is -2.02. The molecule has 1 aromatic carbocycles. The normalized spacial score (nSPS) is 11.1. The summed E-state index contributed by atoms with van der Waals surface area (Å²) in [6, 6.07) is 8.23. The van der Waals surface area contributed by atoms with Gasteiger partial charge in [-0.3, -0.25) is 4.72 Å². The van der Waals surface area contributed by atoms with E-state index in [4.69, 9.17) is 0 Å². The number of thioether (sulfide) groups is 1. The molecule has 0 amide bonds. The van der Waals surface area contributed by atoms with Crippen LogP contribution in [0.5, 0.6) is 0 Å². The maximum absolute atomic E-state index is 4.60. The molecule has 1 N–H and O–H groups in total. The van der Waals surface area contributed by atoms with Gasteiger partial charge in [0.25, 0.3) is 0 Å². The Morgan fingerprint density at radius 2 is 2.19 bits per heavy atom. The molecular weight excluding hydrogens is 238 g/mol. The van der Waals surface area contributed by atoms with E-state index in [-0.39, 0.29) is 0 Å². The molecule has 0 fully saturated rings. The molecule has 0 radical (unpaired) electrons. The minimum atomic E-state index is 0.995. The number of fused-ring (bicyclic) bond motifs is 1. The van der Waals surface area contributed by atoms with E-state index in [2.05, 4.69) is 33.5 Å². The Bertz CT molecular complexity index is 467. The van der Waals surface area contributed by atoms with Crippen LogP contribution in [0.15, 0.2) is 29.4 Å². The summed E-state index contributed by atoms with van der Waals surface area (Å²) in [4.78, 5) is 4.60. The van der Waals surface area contributed by atoms with Gasteiger partial charge in [-0.15, -0.1) is 0 Å². The average molecular weight is 253 g/mol. The molecule has 3 nitrogen and oxygen atoms in total. The first-order valence-corrected chi connectivity index (χ1v) is 7.34. The molecule has 0 spiro atoms. The molecule has 0 aliphatic carbocycles. The number of para-hydroxylation sites is 2. The summed E-state index contributed by atoms with van der Waals surface area (Å²) in [5.41, 5.74) is 2.27. The van der Waals surface area contributed by atoms with Crippen LogP contribution in [0.1, 0.15) is 0 Å². The zero-order chi connectivity index (χ0) is 11.4. The van der Waals surface area contributed by atoms with E-state index in [1.54, 1.807) is 23.7 Å². The third-order valence-corrected chi connectivity index (χ3v) is 3.85. The van der Waals surface area contributed by atoms with Crippen LogP contribution in [0, 0.1) is 0 Å². The van der Waals surface area contributed by atoms with Gasteiger partial charge in [0.15, 0.2) is 5.16 Å². The molecule has 1 heterocycles. The number of aryl methyl sites for hydroxylation is 1. The van der Waals surface area contributed by atoms with Gasteiger partial charge in [0.2, 0.25) is 0 Å². The molecule has 0 atom stereocenters. The predicted octanol–water partition coefficient (Wildman–Crippen LogP) is 2.53. The molecular formula is C11H15N3S2. The summed E-state index contributed by atoms with van der Waals surface area (Å²) in [6.07, 6.45) is 2.04. The van der Waals surface area contributed by atoms with Crippen molar-refractivity contribution in [3.63, 3.8) is 0 Å². The highest BCUT2D eigenvalue weighted by molar-refractivity contribution is 7.99. The Morgan fingerprint density at radius 3 is 2.94 bits per heavy atom. The SMILES string of the molecule is CSNCCSc1nc2ccccc2n1C. The number of benzene rings is 1. The van der Waals surface area contributed by atoms with E-state index in [1.165, 1.54) is 5.52 Å². The van der Waals surface area contributed by atoms with Crippen LogP contribution in [0.2, 0.25) is 0 Å². The lowest BCUT2D eigenvalue weighted by molar-refractivity contribution is 0.814. The van der Waals surface area contributed by atoms with E-state index < -0.39 is 0 Å². The van der Waals surface area contributed by atoms with Gasteiger partial charge in [0.05, 0.1) is 11.0 Å². The van der Waals surface area contributed by atoms with Crippen molar-refractivity contribution in [3.05, 3.63) is 24.3 Å². The van der Waals surface area contributed by atoms with E-state index in [0.717, 1.165) is 23.0 Å². The van der Waals surface area contributed by atoms with Crippen molar-refractivity contribution >= 4 is 34.7 Å². The summed E-state index contributed by atoms with van der Waals surface area (Å²) in [5, 5.41) is 1.09. The van der Waals surface area contributed by atoms with Gasteiger partial charge in [0, 0.05) is 19.3 Å². The number of hydrogen-bond acceptors (Lipinski definition) is 4. The molecule has 0 aliphatic rings. The number of nitrogens with one attached hydrogen (secondary N) is 1. The van der Waals surface area contributed by atoms with E-state index >= 15 is 0 Å². The Balaban J connectivity index is 2.09. The van der Waals surface area contributed by atoms with Crippen LogP contribution in [0.4, 0.5) is 0 Å². The quantitative estimate of drug-likeness (QED) is 0.504. The average Bonchev–Trinajstić information content (AvgIpc) is 2.63. The first kappa shape index (κ1) is 11.8. The standard InChI is InChI=1S/C11H15N3S2/c1-14-10-6-4-3-5-9(10)13-11(14)16-8-7-12-15-2/h3-6,12H,7-8H2,1-2H3. The van der Waals surface area contributed by atoms with Gasteiger partial charge >= 0.3 is 0 Å². The maximum Gasteiger partial charge on any atom is 0.168 e. The molecule has 5 heteroatoms. The van der Waals surface area contributed by atoms with Gasteiger partial charge in [-0.05, 0) is 18.4 Å². The van der Waals surface area contributed by atoms with Gasteiger partial charge in [0.1, 0.15) is 0 Å².